The van der Waals surface area contributed by atoms with Gasteiger partial charge in [-0.1, -0.05) is 43.3 Å². The van der Waals surface area contributed by atoms with Crippen LogP contribution in [0.15, 0.2) is 76.3 Å². The maximum absolute atomic E-state index is 6.10. The molecule has 0 saturated carbocycles. The van der Waals surface area contributed by atoms with E-state index >= 15 is 0 Å². The number of aryl methyl sites for hydroxylation is 1. The van der Waals surface area contributed by atoms with Gasteiger partial charge < -0.3 is 15.5 Å². The molecule has 0 amide bonds. The molecule has 0 aliphatic rings. The van der Waals surface area contributed by atoms with Crippen molar-refractivity contribution < 1.29 is 4.42 Å². The van der Waals surface area contributed by atoms with E-state index in [2.05, 4.69) is 59.5 Å². The minimum absolute atomic E-state index is 0.423. The summed E-state index contributed by atoms with van der Waals surface area (Å²) in [5, 5.41) is 3.18. The van der Waals surface area contributed by atoms with E-state index < -0.39 is 0 Å². The standard InChI is InChI=1S/C23H28N4O/c1-3-18-8-6-11-21(14-18)26-23(24)25-15-19-9-4-5-10-20(19)16-27(2)17-22-12-7-13-28-22/h4-14H,3,15-17H2,1-2H3,(H3,24,25,26). The molecular formula is C23H28N4O. The normalized spacial score (nSPS) is 11.8. The smallest absolute Gasteiger partial charge is 0.193 e. The van der Waals surface area contributed by atoms with Crippen molar-refractivity contribution in [2.45, 2.75) is 33.0 Å². The third-order valence-corrected chi connectivity index (χ3v) is 4.59. The second-order valence-electron chi connectivity index (χ2n) is 6.90. The van der Waals surface area contributed by atoms with E-state index in [1.165, 1.54) is 16.7 Å². The van der Waals surface area contributed by atoms with E-state index in [1.807, 2.05) is 30.3 Å². The molecule has 0 spiro atoms. The molecule has 5 heteroatoms. The van der Waals surface area contributed by atoms with Crippen LogP contribution in [0.1, 0.15) is 29.4 Å². The van der Waals surface area contributed by atoms with Gasteiger partial charge in [-0.25, -0.2) is 4.99 Å². The van der Waals surface area contributed by atoms with Gasteiger partial charge in [-0.3, -0.25) is 4.90 Å². The van der Waals surface area contributed by atoms with Gasteiger partial charge in [-0.05, 0) is 54.4 Å². The summed E-state index contributed by atoms with van der Waals surface area (Å²) >= 11 is 0. The number of nitrogens with one attached hydrogen (secondary N) is 1. The number of nitrogens with two attached hydrogens (primary N) is 1. The van der Waals surface area contributed by atoms with Gasteiger partial charge >= 0.3 is 0 Å². The summed E-state index contributed by atoms with van der Waals surface area (Å²) in [6.45, 7) is 4.26. The predicted octanol–water partition coefficient (Wildman–Crippen LogP) is 4.40. The highest BCUT2D eigenvalue weighted by molar-refractivity contribution is 5.92. The molecule has 3 aromatic rings. The molecule has 0 bridgehead atoms. The van der Waals surface area contributed by atoms with Crippen molar-refractivity contribution in [2.24, 2.45) is 10.7 Å². The number of anilines is 1. The maximum atomic E-state index is 6.10. The molecule has 2 aromatic carbocycles. The molecule has 3 rings (SSSR count). The lowest BCUT2D eigenvalue weighted by Gasteiger charge is -2.17. The van der Waals surface area contributed by atoms with Gasteiger partial charge in [0, 0.05) is 12.2 Å². The molecule has 0 aliphatic heterocycles. The van der Waals surface area contributed by atoms with Crippen LogP contribution in [0.25, 0.3) is 0 Å². The fourth-order valence-corrected chi connectivity index (χ4v) is 3.11. The molecule has 28 heavy (non-hydrogen) atoms. The summed E-state index contributed by atoms with van der Waals surface area (Å²) in [7, 11) is 2.08. The molecule has 0 unspecified atom stereocenters. The number of furan rings is 1. The summed E-state index contributed by atoms with van der Waals surface area (Å²) in [6, 6.07) is 20.5. The molecule has 0 radical (unpaired) electrons. The average Bonchev–Trinajstić information content (AvgIpc) is 3.20. The molecule has 3 N–H and O–H groups in total. The van der Waals surface area contributed by atoms with Gasteiger partial charge in [0.2, 0.25) is 0 Å². The van der Waals surface area contributed by atoms with Crippen LogP contribution in [-0.4, -0.2) is 17.9 Å². The van der Waals surface area contributed by atoms with E-state index in [0.29, 0.717) is 12.5 Å². The highest BCUT2D eigenvalue weighted by Gasteiger charge is 2.07. The summed E-state index contributed by atoms with van der Waals surface area (Å²) in [4.78, 5) is 6.76. The van der Waals surface area contributed by atoms with Gasteiger partial charge in [-0.2, -0.15) is 0 Å². The lowest BCUT2D eigenvalue weighted by Crippen LogP contribution is -2.23. The monoisotopic (exact) mass is 376 g/mol. The Hall–Kier alpha value is -3.05. The SMILES string of the molecule is CCc1cccc(NC(N)=NCc2ccccc2CN(C)Cc2ccco2)c1. The Labute approximate surface area is 166 Å². The highest BCUT2D eigenvalue weighted by Crippen LogP contribution is 2.15. The summed E-state index contributed by atoms with van der Waals surface area (Å²) in [6.07, 6.45) is 2.70. The Bertz CT molecular complexity index is 902. The van der Waals surface area contributed by atoms with Gasteiger partial charge in [0.05, 0.1) is 19.4 Å². The van der Waals surface area contributed by atoms with Crippen molar-refractivity contribution in [1.29, 1.82) is 0 Å². The molecule has 0 aliphatic carbocycles. The van der Waals surface area contributed by atoms with Gasteiger partial charge in [0.15, 0.2) is 5.96 Å². The highest BCUT2D eigenvalue weighted by atomic mass is 16.3. The number of hydrogen-bond donors (Lipinski definition) is 2. The van der Waals surface area contributed by atoms with Crippen LogP contribution in [0, 0.1) is 0 Å². The number of hydrogen-bond acceptors (Lipinski definition) is 3. The molecule has 1 heterocycles. The van der Waals surface area contributed by atoms with E-state index in [1.54, 1.807) is 6.26 Å². The first-order chi connectivity index (χ1) is 13.6. The minimum Gasteiger partial charge on any atom is -0.468 e. The van der Waals surface area contributed by atoms with Crippen LogP contribution in [0.4, 0.5) is 5.69 Å². The van der Waals surface area contributed by atoms with E-state index in [0.717, 1.165) is 31.0 Å². The maximum Gasteiger partial charge on any atom is 0.193 e. The number of rotatable bonds is 8. The fourth-order valence-electron chi connectivity index (χ4n) is 3.11. The zero-order valence-corrected chi connectivity index (χ0v) is 16.6. The van der Waals surface area contributed by atoms with Crippen LogP contribution in [-0.2, 0) is 26.1 Å². The third-order valence-electron chi connectivity index (χ3n) is 4.59. The first kappa shape index (κ1) is 19.7. The van der Waals surface area contributed by atoms with Crippen molar-refractivity contribution in [3.05, 3.63) is 89.4 Å². The first-order valence-electron chi connectivity index (χ1n) is 9.57. The Kier molecular flexibility index (Phi) is 6.87. The quantitative estimate of drug-likeness (QED) is 0.452. The summed E-state index contributed by atoms with van der Waals surface area (Å²) in [5.74, 6) is 1.38. The lowest BCUT2D eigenvalue weighted by atomic mass is 10.1. The topological polar surface area (TPSA) is 66.8 Å². The zero-order chi connectivity index (χ0) is 19.8. The second kappa shape index (κ2) is 9.76. The number of nitrogens with zero attached hydrogens (tertiary/aromatic N) is 2. The lowest BCUT2D eigenvalue weighted by molar-refractivity contribution is 0.287. The zero-order valence-electron chi connectivity index (χ0n) is 16.6. The van der Waals surface area contributed by atoms with E-state index in [9.17, 15) is 0 Å². The van der Waals surface area contributed by atoms with Crippen molar-refractivity contribution in [3.63, 3.8) is 0 Å². The third kappa shape index (κ3) is 5.72. The van der Waals surface area contributed by atoms with Crippen molar-refractivity contribution in [3.8, 4) is 0 Å². The van der Waals surface area contributed by atoms with E-state index in [4.69, 9.17) is 10.2 Å². The van der Waals surface area contributed by atoms with Crippen molar-refractivity contribution >= 4 is 11.6 Å². The average molecular weight is 377 g/mol. The van der Waals surface area contributed by atoms with Crippen molar-refractivity contribution in [2.75, 3.05) is 12.4 Å². The van der Waals surface area contributed by atoms with Crippen LogP contribution in [0.5, 0.6) is 0 Å². The molecule has 146 valence electrons. The summed E-state index contributed by atoms with van der Waals surface area (Å²) in [5.41, 5.74) is 10.7. The largest absolute Gasteiger partial charge is 0.468 e. The number of benzene rings is 2. The van der Waals surface area contributed by atoms with Gasteiger partial charge in [0.1, 0.15) is 5.76 Å². The Morgan fingerprint density at radius 3 is 2.61 bits per heavy atom. The number of aliphatic imine (C=N–C) groups is 1. The van der Waals surface area contributed by atoms with Crippen LogP contribution in [0.2, 0.25) is 0 Å². The first-order valence-corrected chi connectivity index (χ1v) is 9.57. The summed E-state index contributed by atoms with van der Waals surface area (Å²) < 4.78 is 5.44. The van der Waals surface area contributed by atoms with Crippen LogP contribution in [0.3, 0.4) is 0 Å². The molecule has 0 fully saturated rings. The van der Waals surface area contributed by atoms with Gasteiger partial charge in [-0.15, -0.1) is 0 Å². The number of guanidine groups is 1. The Morgan fingerprint density at radius 1 is 1.04 bits per heavy atom. The predicted molar refractivity (Wildman–Crippen MR) is 115 cm³/mol. The Balaban J connectivity index is 1.62. The van der Waals surface area contributed by atoms with Crippen molar-refractivity contribution in [1.82, 2.24) is 4.90 Å². The van der Waals surface area contributed by atoms with Gasteiger partial charge in [0.25, 0.3) is 0 Å². The molecule has 5 nitrogen and oxygen atoms in total. The second-order valence-corrected chi connectivity index (χ2v) is 6.90. The van der Waals surface area contributed by atoms with Crippen LogP contribution >= 0.6 is 0 Å². The molecule has 0 atom stereocenters. The molecule has 0 saturated heterocycles. The fraction of sp³-hybridized carbons (Fsp3) is 0.261. The van der Waals surface area contributed by atoms with E-state index in [-0.39, 0.29) is 0 Å². The Morgan fingerprint density at radius 2 is 1.86 bits per heavy atom. The van der Waals surface area contributed by atoms with Crippen LogP contribution < -0.4 is 11.1 Å². The molecule has 1 aromatic heterocycles. The minimum atomic E-state index is 0.423. The molecular weight excluding hydrogens is 348 g/mol.